The van der Waals surface area contributed by atoms with E-state index < -0.39 is 65.0 Å². The number of fused-ring (bicyclic) bond motifs is 6. The van der Waals surface area contributed by atoms with Gasteiger partial charge in [-0.2, -0.15) is 18.4 Å². The number of rotatable bonds is 15. The SMILES string of the molecule is C#CCCC(=O)C(C#N)C(=O)Nc1ccc(C(F)(F)F)c(OCCCCCC(=O)NCC(=O)Nc2ccc3c(c2)C(=O)OC32c3ccc(O)cc3Oc3cc(O)ccc32)c1. The number of nitrogens with zero attached hydrogens (tertiary/aromatic N) is 1. The molecule has 0 aromatic heterocycles. The van der Waals surface area contributed by atoms with Crippen molar-refractivity contribution in [3.63, 3.8) is 0 Å². The molecule has 17 heteroatoms. The van der Waals surface area contributed by atoms with E-state index in [2.05, 4.69) is 21.9 Å². The molecule has 308 valence electrons. The van der Waals surface area contributed by atoms with E-state index in [1.54, 1.807) is 30.3 Å². The number of phenols is 2. The third-order valence-corrected chi connectivity index (χ3v) is 9.59. The number of ether oxygens (including phenoxy) is 3. The highest BCUT2D eigenvalue weighted by atomic mass is 19.4. The minimum atomic E-state index is -4.79. The van der Waals surface area contributed by atoms with Crippen LogP contribution in [0, 0.1) is 29.6 Å². The second-order valence-corrected chi connectivity index (χ2v) is 13.7. The maximum Gasteiger partial charge on any atom is 0.419 e. The van der Waals surface area contributed by atoms with Crippen LogP contribution in [0.1, 0.15) is 71.1 Å². The van der Waals surface area contributed by atoms with E-state index in [-0.39, 0.29) is 72.2 Å². The fourth-order valence-electron chi connectivity index (χ4n) is 6.79. The van der Waals surface area contributed by atoms with Crippen molar-refractivity contribution in [3.05, 3.63) is 101 Å². The normalized spacial score (nSPS) is 13.5. The summed E-state index contributed by atoms with van der Waals surface area (Å²) in [5.41, 5.74) is -1.04. The summed E-state index contributed by atoms with van der Waals surface area (Å²) in [7, 11) is 0. The number of unbranched alkanes of at least 4 members (excludes halogenated alkanes) is 2. The maximum atomic E-state index is 13.7. The number of benzene rings is 4. The van der Waals surface area contributed by atoms with Gasteiger partial charge in [0.25, 0.3) is 0 Å². The molecule has 4 aromatic rings. The lowest BCUT2D eigenvalue weighted by molar-refractivity contribution is -0.139. The van der Waals surface area contributed by atoms with Crippen LogP contribution in [-0.4, -0.2) is 52.8 Å². The molecule has 0 bridgehead atoms. The number of aromatic hydroxyl groups is 2. The van der Waals surface area contributed by atoms with Crippen molar-refractivity contribution < 1.29 is 61.6 Å². The monoisotopic (exact) mass is 824 g/mol. The molecule has 14 nitrogen and oxygen atoms in total. The van der Waals surface area contributed by atoms with Crippen LogP contribution in [0.25, 0.3) is 0 Å². The zero-order chi connectivity index (χ0) is 43.2. The molecule has 2 heterocycles. The van der Waals surface area contributed by atoms with Gasteiger partial charge in [0.15, 0.2) is 17.3 Å². The Balaban J connectivity index is 0.985. The number of carbonyl (C=O) groups is 5. The van der Waals surface area contributed by atoms with Crippen molar-refractivity contribution in [1.29, 1.82) is 5.26 Å². The molecule has 1 spiro atoms. The van der Waals surface area contributed by atoms with Gasteiger partial charge in [0.05, 0.1) is 30.3 Å². The van der Waals surface area contributed by atoms with E-state index in [1.807, 2.05) is 0 Å². The van der Waals surface area contributed by atoms with Crippen molar-refractivity contribution in [2.45, 2.75) is 50.3 Å². The summed E-state index contributed by atoms with van der Waals surface area (Å²) in [6.07, 6.45) is 1.05. The number of anilines is 2. The van der Waals surface area contributed by atoms with E-state index in [1.165, 1.54) is 30.3 Å². The predicted molar refractivity (Wildman–Crippen MR) is 206 cm³/mol. The summed E-state index contributed by atoms with van der Waals surface area (Å²) in [5.74, 6) is -3.33. The van der Waals surface area contributed by atoms with Crippen LogP contribution in [0.2, 0.25) is 0 Å². The van der Waals surface area contributed by atoms with Gasteiger partial charge in [0.2, 0.25) is 17.7 Å². The Labute approximate surface area is 340 Å². The van der Waals surface area contributed by atoms with Gasteiger partial charge in [-0.3, -0.25) is 19.2 Å². The number of hydrogen-bond donors (Lipinski definition) is 5. The highest BCUT2D eigenvalue weighted by molar-refractivity contribution is 6.09. The molecule has 0 radical (unpaired) electrons. The Hall–Kier alpha value is -7.53. The van der Waals surface area contributed by atoms with E-state index in [0.29, 0.717) is 35.6 Å². The number of esters is 1. The molecule has 1 unspecified atom stereocenters. The van der Waals surface area contributed by atoms with Gasteiger partial charge in [-0.1, -0.05) is 6.07 Å². The maximum absolute atomic E-state index is 13.7. The van der Waals surface area contributed by atoms with Crippen molar-refractivity contribution in [2.75, 3.05) is 23.8 Å². The Morgan fingerprint density at radius 3 is 2.13 bits per heavy atom. The average molecular weight is 825 g/mol. The lowest BCUT2D eigenvalue weighted by Crippen LogP contribution is -2.33. The molecule has 4 aromatic carbocycles. The zero-order valence-electron chi connectivity index (χ0n) is 31.5. The summed E-state index contributed by atoms with van der Waals surface area (Å²) in [6, 6.07) is 17.5. The van der Waals surface area contributed by atoms with Crippen molar-refractivity contribution in [1.82, 2.24) is 5.32 Å². The standard InChI is InChI=1S/C43H35F3N4O10/c1-2-3-7-34(53)29(22-47)40(56)50-25-10-14-33(43(44,45)46)35(19-25)58-17-6-4-5-8-38(54)48-23-39(55)49-24-9-13-30-28(18-24)41(57)60-42(30)31-15-11-26(51)20-36(31)59-37-21-27(52)12-16-32(37)42/h1,9-16,18-21,29,51-52H,3-8,17,23H2,(H,48,54)(H,49,55)(H,50,56). The van der Waals surface area contributed by atoms with Crippen LogP contribution in [-0.2, 0) is 35.7 Å². The molecule has 2 aliphatic rings. The molecule has 1 atom stereocenters. The van der Waals surface area contributed by atoms with E-state index in [9.17, 15) is 52.6 Å². The second-order valence-electron chi connectivity index (χ2n) is 13.7. The highest BCUT2D eigenvalue weighted by Crippen LogP contribution is 2.57. The van der Waals surface area contributed by atoms with Gasteiger partial charge >= 0.3 is 12.1 Å². The predicted octanol–water partition coefficient (Wildman–Crippen LogP) is 6.44. The first kappa shape index (κ1) is 42.1. The number of nitrogens with one attached hydrogen (secondary N) is 3. The van der Waals surface area contributed by atoms with Crippen LogP contribution in [0.3, 0.4) is 0 Å². The number of halogens is 3. The second kappa shape index (κ2) is 17.5. The number of ketones is 1. The molecule has 6 rings (SSSR count). The minimum absolute atomic E-state index is 0.00228. The van der Waals surface area contributed by atoms with Crippen LogP contribution in [0.15, 0.2) is 72.8 Å². The van der Waals surface area contributed by atoms with Crippen molar-refractivity contribution >= 4 is 40.8 Å². The van der Waals surface area contributed by atoms with Gasteiger partial charge in [-0.05, 0) is 67.8 Å². The zero-order valence-corrected chi connectivity index (χ0v) is 31.5. The number of hydrogen-bond acceptors (Lipinski definition) is 11. The quantitative estimate of drug-likeness (QED) is 0.0381. The Kier molecular flexibility index (Phi) is 12.3. The number of nitriles is 1. The van der Waals surface area contributed by atoms with Crippen molar-refractivity contribution in [3.8, 4) is 47.2 Å². The molecule has 60 heavy (non-hydrogen) atoms. The number of alkyl halides is 3. The highest BCUT2D eigenvalue weighted by Gasteiger charge is 2.53. The third-order valence-electron chi connectivity index (χ3n) is 9.59. The first-order valence-corrected chi connectivity index (χ1v) is 18.4. The smallest absolute Gasteiger partial charge is 0.419 e. The number of phenolic OH excluding ortho intramolecular Hbond substituents is 2. The molecule has 0 fully saturated rings. The van der Waals surface area contributed by atoms with Crippen LogP contribution < -0.4 is 25.4 Å². The summed E-state index contributed by atoms with van der Waals surface area (Å²) in [4.78, 5) is 63.3. The summed E-state index contributed by atoms with van der Waals surface area (Å²) < 4.78 is 58.4. The molecule has 5 N–H and O–H groups in total. The van der Waals surface area contributed by atoms with E-state index in [4.69, 9.17) is 20.6 Å². The molecular weight excluding hydrogens is 789 g/mol. The Morgan fingerprint density at radius 2 is 1.48 bits per heavy atom. The number of amides is 3. The van der Waals surface area contributed by atoms with Crippen molar-refractivity contribution in [2.24, 2.45) is 5.92 Å². The summed E-state index contributed by atoms with van der Waals surface area (Å²) in [5, 5.41) is 36.9. The summed E-state index contributed by atoms with van der Waals surface area (Å²) >= 11 is 0. The molecule has 0 saturated heterocycles. The topological polar surface area (TPSA) is 213 Å². The van der Waals surface area contributed by atoms with Gasteiger partial charge in [0, 0.05) is 65.5 Å². The van der Waals surface area contributed by atoms with Gasteiger partial charge in [0.1, 0.15) is 28.7 Å². The lowest BCUT2D eigenvalue weighted by Gasteiger charge is -2.36. The molecule has 0 saturated carbocycles. The Morgan fingerprint density at radius 1 is 0.833 bits per heavy atom. The lowest BCUT2D eigenvalue weighted by atomic mass is 9.77. The van der Waals surface area contributed by atoms with E-state index >= 15 is 0 Å². The fraction of sp³-hybridized carbons (Fsp3) is 0.256. The van der Waals surface area contributed by atoms with Gasteiger partial charge in [-0.25, -0.2) is 4.79 Å². The van der Waals surface area contributed by atoms with Gasteiger partial charge < -0.3 is 40.4 Å². The first-order chi connectivity index (χ1) is 28.6. The number of Topliss-reactive ketones (excluding diaryl/α,β-unsaturated/α-hetero) is 1. The molecular formula is C43H35F3N4O10. The summed E-state index contributed by atoms with van der Waals surface area (Å²) in [6.45, 7) is -0.578. The first-order valence-electron chi connectivity index (χ1n) is 18.4. The number of terminal acetylenes is 1. The molecule has 2 aliphatic heterocycles. The van der Waals surface area contributed by atoms with Crippen LogP contribution in [0.5, 0.6) is 28.7 Å². The molecule has 3 amide bonds. The van der Waals surface area contributed by atoms with Crippen LogP contribution >= 0.6 is 0 Å². The largest absolute Gasteiger partial charge is 0.508 e. The fourth-order valence-corrected chi connectivity index (χ4v) is 6.79. The number of carbonyl (C=O) groups excluding carboxylic acids is 5. The van der Waals surface area contributed by atoms with Gasteiger partial charge in [-0.15, -0.1) is 12.3 Å². The minimum Gasteiger partial charge on any atom is -0.508 e. The Bertz CT molecular complexity index is 2420. The molecule has 0 aliphatic carbocycles. The van der Waals surface area contributed by atoms with E-state index in [0.717, 1.165) is 12.1 Å². The van der Waals surface area contributed by atoms with Crippen LogP contribution in [0.4, 0.5) is 24.5 Å². The third kappa shape index (κ3) is 8.95. The average Bonchev–Trinajstić information content (AvgIpc) is 3.48.